The van der Waals surface area contributed by atoms with Crippen LogP contribution in [0.25, 0.3) is 0 Å². The monoisotopic (exact) mass is 385 g/mol. The van der Waals surface area contributed by atoms with Gasteiger partial charge in [0, 0.05) is 12.6 Å². The summed E-state index contributed by atoms with van der Waals surface area (Å²) >= 11 is 0. The lowest BCUT2D eigenvalue weighted by Crippen LogP contribution is -2.43. The second kappa shape index (κ2) is 9.43. The van der Waals surface area contributed by atoms with Crippen molar-refractivity contribution in [1.29, 1.82) is 0 Å². The molecule has 150 valence electrons. The molecule has 1 amide bonds. The smallest absolute Gasteiger partial charge is 0.238 e. The van der Waals surface area contributed by atoms with Crippen LogP contribution >= 0.6 is 0 Å². The highest BCUT2D eigenvalue weighted by Gasteiger charge is 2.30. The zero-order chi connectivity index (χ0) is 19.9. The van der Waals surface area contributed by atoms with Gasteiger partial charge >= 0.3 is 0 Å². The van der Waals surface area contributed by atoms with Crippen LogP contribution in [-0.2, 0) is 11.2 Å². The van der Waals surface area contributed by atoms with Crippen LogP contribution in [0.2, 0.25) is 0 Å². The number of rotatable bonds is 8. The molecule has 0 aromatic heterocycles. The molecule has 1 fully saturated rings. The molecule has 1 aliphatic heterocycles. The van der Waals surface area contributed by atoms with E-state index in [0.717, 1.165) is 16.9 Å². The van der Waals surface area contributed by atoms with Gasteiger partial charge in [-0.25, -0.2) is 10.9 Å². The first-order valence-corrected chi connectivity index (χ1v) is 9.28. The van der Waals surface area contributed by atoms with Crippen molar-refractivity contribution in [3.05, 3.63) is 53.6 Å². The lowest BCUT2D eigenvalue weighted by molar-refractivity contribution is -0.122. The summed E-state index contributed by atoms with van der Waals surface area (Å²) in [6.07, 6.45) is 1.39. The standard InChI is InChI=1S/C21H27N3O4/c1-26-16-6-4-5-15(12-16)17-13-18(24-23-17)21(25)22-10-9-14-7-8-19(27-2)20(11-14)28-3/h4-8,11-12,17-18,23-24H,9-10,13H2,1-3H3,(H,22,25). The SMILES string of the molecule is COc1cccc(C2CC(C(=O)NCCc3ccc(OC)c(OC)c3)NN2)c1. The van der Waals surface area contributed by atoms with Gasteiger partial charge in [0.1, 0.15) is 11.8 Å². The topological polar surface area (TPSA) is 80.9 Å². The average Bonchev–Trinajstić information content (AvgIpc) is 3.24. The second-order valence-corrected chi connectivity index (χ2v) is 6.64. The van der Waals surface area contributed by atoms with E-state index in [0.29, 0.717) is 30.9 Å². The van der Waals surface area contributed by atoms with Crippen LogP contribution < -0.4 is 30.4 Å². The zero-order valence-electron chi connectivity index (χ0n) is 16.5. The summed E-state index contributed by atoms with van der Waals surface area (Å²) < 4.78 is 15.8. The van der Waals surface area contributed by atoms with Crippen LogP contribution in [-0.4, -0.2) is 39.8 Å². The molecule has 0 bridgehead atoms. The normalized spacial score (nSPS) is 18.5. The Bertz CT molecular complexity index is 812. The van der Waals surface area contributed by atoms with E-state index in [1.54, 1.807) is 21.3 Å². The van der Waals surface area contributed by atoms with Crippen molar-refractivity contribution in [3.8, 4) is 17.2 Å². The van der Waals surface area contributed by atoms with Crippen LogP contribution in [0.1, 0.15) is 23.6 Å². The van der Waals surface area contributed by atoms with Gasteiger partial charge in [-0.1, -0.05) is 18.2 Å². The molecule has 2 atom stereocenters. The molecule has 28 heavy (non-hydrogen) atoms. The molecule has 3 rings (SSSR count). The third-order valence-corrected chi connectivity index (χ3v) is 4.88. The van der Waals surface area contributed by atoms with Crippen LogP contribution in [0, 0.1) is 0 Å². The van der Waals surface area contributed by atoms with E-state index >= 15 is 0 Å². The Kier molecular flexibility index (Phi) is 6.73. The summed E-state index contributed by atoms with van der Waals surface area (Å²) in [7, 11) is 4.87. The number of methoxy groups -OCH3 is 3. The Hall–Kier alpha value is -2.77. The number of carbonyl (C=O) groups is 1. The average molecular weight is 385 g/mol. The van der Waals surface area contributed by atoms with Gasteiger partial charge in [-0.2, -0.15) is 0 Å². The van der Waals surface area contributed by atoms with Crippen molar-refractivity contribution < 1.29 is 19.0 Å². The molecule has 2 aromatic rings. The highest BCUT2D eigenvalue weighted by atomic mass is 16.5. The van der Waals surface area contributed by atoms with Crippen molar-refractivity contribution in [2.24, 2.45) is 0 Å². The molecule has 1 aliphatic rings. The van der Waals surface area contributed by atoms with Gasteiger partial charge in [-0.05, 0) is 48.2 Å². The number of hydrogen-bond acceptors (Lipinski definition) is 6. The highest BCUT2D eigenvalue weighted by Crippen LogP contribution is 2.28. The third-order valence-electron chi connectivity index (χ3n) is 4.88. The van der Waals surface area contributed by atoms with E-state index in [9.17, 15) is 4.79 Å². The van der Waals surface area contributed by atoms with Gasteiger partial charge < -0.3 is 19.5 Å². The summed E-state index contributed by atoms with van der Waals surface area (Å²) in [5, 5.41) is 3.00. The fourth-order valence-electron chi connectivity index (χ4n) is 3.29. The maximum absolute atomic E-state index is 12.5. The molecular formula is C21H27N3O4. The van der Waals surface area contributed by atoms with Gasteiger partial charge in [0.2, 0.25) is 5.91 Å². The van der Waals surface area contributed by atoms with Crippen LogP contribution in [0.5, 0.6) is 17.2 Å². The molecule has 0 spiro atoms. The van der Waals surface area contributed by atoms with Crippen LogP contribution in [0.4, 0.5) is 0 Å². The predicted octanol–water partition coefficient (Wildman–Crippen LogP) is 1.98. The fourth-order valence-corrected chi connectivity index (χ4v) is 3.29. The van der Waals surface area contributed by atoms with E-state index in [-0.39, 0.29) is 18.0 Å². The maximum Gasteiger partial charge on any atom is 0.238 e. The van der Waals surface area contributed by atoms with Crippen LogP contribution in [0.3, 0.4) is 0 Å². The first kappa shape index (κ1) is 20.0. The summed E-state index contributed by atoms with van der Waals surface area (Å²) in [6.45, 7) is 0.552. The van der Waals surface area contributed by atoms with E-state index < -0.39 is 0 Å². The molecule has 7 heteroatoms. The lowest BCUT2D eigenvalue weighted by atomic mass is 10.0. The summed E-state index contributed by atoms with van der Waals surface area (Å²) in [5.74, 6) is 2.18. The Morgan fingerprint density at radius 3 is 2.61 bits per heavy atom. The Labute approximate surface area is 165 Å². The largest absolute Gasteiger partial charge is 0.497 e. The number of benzene rings is 2. The number of hydrazine groups is 1. The van der Waals surface area contributed by atoms with Crippen LogP contribution in [0.15, 0.2) is 42.5 Å². The number of ether oxygens (including phenoxy) is 3. The third kappa shape index (κ3) is 4.74. The van der Waals surface area contributed by atoms with Gasteiger partial charge in [0.05, 0.1) is 21.3 Å². The minimum absolute atomic E-state index is 0.0154. The molecule has 1 heterocycles. The van der Waals surface area contributed by atoms with Crippen molar-refractivity contribution in [2.75, 3.05) is 27.9 Å². The number of hydrogen-bond donors (Lipinski definition) is 3. The van der Waals surface area contributed by atoms with E-state index in [1.807, 2.05) is 42.5 Å². The Morgan fingerprint density at radius 1 is 1.04 bits per heavy atom. The predicted molar refractivity (Wildman–Crippen MR) is 107 cm³/mol. The molecular weight excluding hydrogens is 358 g/mol. The molecule has 7 nitrogen and oxygen atoms in total. The van der Waals surface area contributed by atoms with Crippen molar-refractivity contribution in [2.45, 2.75) is 24.9 Å². The molecule has 2 unspecified atom stereocenters. The van der Waals surface area contributed by atoms with E-state index in [1.165, 1.54) is 0 Å². The number of carbonyl (C=O) groups excluding carboxylic acids is 1. The lowest BCUT2D eigenvalue weighted by Gasteiger charge is -2.12. The highest BCUT2D eigenvalue weighted by molar-refractivity contribution is 5.82. The molecule has 2 aromatic carbocycles. The minimum atomic E-state index is -0.276. The first-order chi connectivity index (χ1) is 13.6. The van der Waals surface area contributed by atoms with Crippen molar-refractivity contribution >= 4 is 5.91 Å². The molecule has 3 N–H and O–H groups in total. The molecule has 1 saturated heterocycles. The minimum Gasteiger partial charge on any atom is -0.497 e. The zero-order valence-corrected chi connectivity index (χ0v) is 16.5. The quantitative estimate of drug-likeness (QED) is 0.645. The van der Waals surface area contributed by atoms with Gasteiger partial charge in [0.15, 0.2) is 11.5 Å². The second-order valence-electron chi connectivity index (χ2n) is 6.64. The molecule has 0 saturated carbocycles. The van der Waals surface area contributed by atoms with E-state index in [2.05, 4.69) is 16.2 Å². The molecule has 0 aliphatic carbocycles. The van der Waals surface area contributed by atoms with Gasteiger partial charge in [0.25, 0.3) is 0 Å². The van der Waals surface area contributed by atoms with Crippen molar-refractivity contribution in [1.82, 2.24) is 16.2 Å². The summed E-state index contributed by atoms with van der Waals surface area (Å²) in [5.41, 5.74) is 8.44. The number of nitrogens with one attached hydrogen (secondary N) is 3. The summed E-state index contributed by atoms with van der Waals surface area (Å²) in [4.78, 5) is 12.5. The Morgan fingerprint density at radius 2 is 1.86 bits per heavy atom. The van der Waals surface area contributed by atoms with Gasteiger partial charge in [-0.3, -0.25) is 4.79 Å². The fraction of sp³-hybridized carbons (Fsp3) is 0.381. The van der Waals surface area contributed by atoms with Gasteiger partial charge in [-0.15, -0.1) is 0 Å². The van der Waals surface area contributed by atoms with Crippen molar-refractivity contribution in [3.63, 3.8) is 0 Å². The number of amides is 1. The first-order valence-electron chi connectivity index (χ1n) is 9.28. The molecule has 0 radical (unpaired) electrons. The maximum atomic E-state index is 12.5. The Balaban J connectivity index is 1.49. The van der Waals surface area contributed by atoms with E-state index in [4.69, 9.17) is 14.2 Å². The summed E-state index contributed by atoms with van der Waals surface area (Å²) in [6, 6.07) is 13.4.